The monoisotopic (exact) mass is 613 g/mol. The third-order valence-corrected chi connectivity index (χ3v) is 7.39. The minimum Gasteiger partial charge on any atom is -0.462 e. The summed E-state index contributed by atoms with van der Waals surface area (Å²) in [6, 6.07) is 18.4. The zero-order valence-electron chi connectivity index (χ0n) is 25.3. The number of nitrogens with zero attached hydrogens (tertiary/aromatic N) is 4. The van der Waals surface area contributed by atoms with E-state index in [2.05, 4.69) is 21.2 Å². The normalized spacial score (nSPS) is 15.3. The van der Waals surface area contributed by atoms with E-state index in [1.165, 1.54) is 34.2 Å². The Morgan fingerprint density at radius 3 is 2.44 bits per heavy atom. The number of aryl methyl sites for hydroxylation is 1. The summed E-state index contributed by atoms with van der Waals surface area (Å²) in [6.07, 6.45) is 4.57. The molecule has 2 aromatic carbocycles. The maximum absolute atomic E-state index is 14.6. The summed E-state index contributed by atoms with van der Waals surface area (Å²) in [5, 5.41) is 10.6. The van der Waals surface area contributed by atoms with Crippen molar-refractivity contribution in [2.24, 2.45) is 7.05 Å². The smallest absolute Gasteiger partial charge is 0.429 e. The van der Waals surface area contributed by atoms with Gasteiger partial charge < -0.3 is 24.7 Å². The van der Waals surface area contributed by atoms with Gasteiger partial charge in [0.1, 0.15) is 11.4 Å². The molecule has 1 unspecified atom stereocenters. The summed E-state index contributed by atoms with van der Waals surface area (Å²) in [5.74, 6) is -1.82. The Hall–Kier alpha value is -5.43. The Labute approximate surface area is 260 Å². The summed E-state index contributed by atoms with van der Waals surface area (Å²) < 4.78 is 12.7. The highest BCUT2D eigenvalue weighted by atomic mass is 16.6. The van der Waals surface area contributed by atoms with Crippen LogP contribution in [0.3, 0.4) is 0 Å². The van der Waals surface area contributed by atoms with Crippen molar-refractivity contribution in [3.63, 3.8) is 0 Å². The molecule has 13 nitrogen and oxygen atoms in total. The van der Waals surface area contributed by atoms with Crippen LogP contribution in [0.25, 0.3) is 0 Å². The van der Waals surface area contributed by atoms with E-state index < -0.39 is 29.5 Å². The Morgan fingerprint density at radius 1 is 0.978 bits per heavy atom. The number of amides is 4. The molecule has 0 radical (unpaired) electrons. The fourth-order valence-electron chi connectivity index (χ4n) is 5.11. The first-order valence-corrected chi connectivity index (χ1v) is 14.7. The summed E-state index contributed by atoms with van der Waals surface area (Å²) in [5.41, 5.74) is 2.17. The molecule has 0 bridgehead atoms. The van der Waals surface area contributed by atoms with Crippen LogP contribution in [0, 0.1) is 0 Å². The average Bonchev–Trinajstić information content (AvgIpc) is 3.78. The van der Waals surface area contributed by atoms with Gasteiger partial charge in [-0.2, -0.15) is 10.5 Å². The van der Waals surface area contributed by atoms with Crippen LogP contribution in [0.15, 0.2) is 83.6 Å². The van der Waals surface area contributed by atoms with Gasteiger partial charge in [0.15, 0.2) is 5.76 Å². The quantitative estimate of drug-likeness (QED) is 0.209. The van der Waals surface area contributed by atoms with Crippen LogP contribution >= 0.6 is 0 Å². The van der Waals surface area contributed by atoms with Gasteiger partial charge in [0, 0.05) is 31.5 Å². The number of aromatic nitrogens is 2. The van der Waals surface area contributed by atoms with Crippen molar-refractivity contribution in [3.05, 3.63) is 96.2 Å². The lowest BCUT2D eigenvalue weighted by Gasteiger charge is -2.34. The van der Waals surface area contributed by atoms with E-state index >= 15 is 0 Å². The second-order valence-corrected chi connectivity index (χ2v) is 10.3. The van der Waals surface area contributed by atoms with E-state index in [1.54, 1.807) is 62.5 Å². The second-order valence-electron chi connectivity index (χ2n) is 10.3. The second kappa shape index (κ2) is 13.5. The summed E-state index contributed by atoms with van der Waals surface area (Å²) >= 11 is 0. The predicted molar refractivity (Wildman–Crippen MR) is 166 cm³/mol. The molecule has 3 N–H and O–H groups in total. The molecule has 4 aromatic rings. The van der Waals surface area contributed by atoms with Crippen LogP contribution in [0.1, 0.15) is 59.7 Å². The summed E-state index contributed by atoms with van der Waals surface area (Å²) in [6.45, 7) is 4.25. The van der Waals surface area contributed by atoms with Crippen LogP contribution in [-0.2, 0) is 22.2 Å². The van der Waals surface area contributed by atoms with Gasteiger partial charge in [-0.05, 0) is 43.7 Å². The fourth-order valence-corrected chi connectivity index (χ4v) is 5.11. The van der Waals surface area contributed by atoms with Crippen molar-refractivity contribution < 1.29 is 28.3 Å². The van der Waals surface area contributed by atoms with Crippen LogP contribution in [0.2, 0.25) is 0 Å². The van der Waals surface area contributed by atoms with Crippen molar-refractivity contribution in [3.8, 4) is 0 Å². The minimum atomic E-state index is -2.07. The van der Waals surface area contributed by atoms with E-state index in [9.17, 15) is 19.2 Å². The molecule has 0 spiro atoms. The van der Waals surface area contributed by atoms with Crippen molar-refractivity contribution >= 4 is 40.9 Å². The van der Waals surface area contributed by atoms with Crippen molar-refractivity contribution in [2.45, 2.75) is 38.8 Å². The highest BCUT2D eigenvalue weighted by Crippen LogP contribution is 2.39. The number of carbonyl (C=O) groups excluding carboxylic acids is 4. The maximum Gasteiger partial charge on any atom is 0.429 e. The number of hydrazine groups is 1. The van der Waals surface area contributed by atoms with Crippen LogP contribution < -0.4 is 26.0 Å². The highest BCUT2D eigenvalue weighted by Gasteiger charge is 2.56. The third kappa shape index (κ3) is 6.15. The SMILES string of the molecule is CCCCCOC(=O)N1NC(NC(=O)c2ccccc2NC(=O)c2ccnn2C)(C(=O)N(CC)c2ccccc2)c2occc21. The highest BCUT2D eigenvalue weighted by molar-refractivity contribution is 6.11. The van der Waals surface area contributed by atoms with Crippen LogP contribution in [0.5, 0.6) is 0 Å². The fraction of sp³-hybridized carbons (Fsp3) is 0.281. The van der Waals surface area contributed by atoms with E-state index in [1.807, 2.05) is 13.0 Å². The number of furan rings is 1. The summed E-state index contributed by atoms with van der Waals surface area (Å²) in [4.78, 5) is 56.4. The van der Waals surface area contributed by atoms with Gasteiger partial charge in [-0.25, -0.2) is 9.80 Å². The first-order chi connectivity index (χ1) is 21.8. The molecule has 45 heavy (non-hydrogen) atoms. The zero-order chi connectivity index (χ0) is 32.0. The number of hydrogen-bond donors (Lipinski definition) is 3. The Kier molecular flexibility index (Phi) is 9.28. The van der Waals surface area contributed by atoms with Crippen LogP contribution in [-0.4, -0.2) is 46.7 Å². The molecule has 1 atom stereocenters. The standard InChI is InChI=1S/C32H35N7O6/c1-4-6-12-20-45-31(43)39-25-18-21-44-27(25)32(36-39,30(42)38(5-2)22-13-8-7-9-14-22)35-28(40)23-15-10-11-16-24(23)34-29(41)26-17-19-33-37(26)3/h7-11,13-19,21,36H,4-6,12,20H2,1-3H3,(H,34,41)(H,35,40). The molecular formula is C32H35N7O6. The molecule has 0 saturated heterocycles. The number of ether oxygens (including phenoxy) is 1. The Bertz CT molecular complexity index is 1680. The van der Waals surface area contributed by atoms with Crippen molar-refractivity contribution in [2.75, 3.05) is 28.4 Å². The number of benzene rings is 2. The number of para-hydroxylation sites is 2. The van der Waals surface area contributed by atoms with Crippen molar-refractivity contribution in [1.82, 2.24) is 20.5 Å². The number of fused-ring (bicyclic) bond motifs is 1. The average molecular weight is 614 g/mol. The molecule has 0 saturated carbocycles. The molecule has 4 amide bonds. The van der Waals surface area contributed by atoms with E-state index in [0.29, 0.717) is 12.1 Å². The van der Waals surface area contributed by atoms with Gasteiger partial charge in [0.2, 0.25) is 0 Å². The Balaban J connectivity index is 1.52. The van der Waals surface area contributed by atoms with Crippen LogP contribution in [0.4, 0.5) is 21.9 Å². The lowest BCUT2D eigenvalue weighted by atomic mass is 10.0. The number of likely N-dealkylation sites (N-methyl/N-ethyl adjacent to an activating group) is 1. The molecule has 1 aliphatic rings. The van der Waals surface area contributed by atoms with Gasteiger partial charge in [0.25, 0.3) is 23.4 Å². The molecule has 13 heteroatoms. The molecule has 3 heterocycles. The van der Waals surface area contributed by atoms with E-state index in [0.717, 1.165) is 17.9 Å². The number of unbranched alkanes of at least 4 members (excludes halogenated alkanes) is 2. The van der Waals surface area contributed by atoms with Gasteiger partial charge in [-0.15, -0.1) is 0 Å². The number of carbonyl (C=O) groups is 4. The number of rotatable bonds is 11. The van der Waals surface area contributed by atoms with E-state index in [4.69, 9.17) is 9.15 Å². The minimum absolute atomic E-state index is 0.00265. The number of nitrogens with one attached hydrogen (secondary N) is 3. The largest absolute Gasteiger partial charge is 0.462 e. The van der Waals surface area contributed by atoms with Gasteiger partial charge >= 0.3 is 6.09 Å². The third-order valence-electron chi connectivity index (χ3n) is 7.39. The topological polar surface area (TPSA) is 151 Å². The number of anilines is 3. The molecule has 1 aliphatic heterocycles. The van der Waals surface area contributed by atoms with E-state index in [-0.39, 0.29) is 41.5 Å². The van der Waals surface area contributed by atoms with Gasteiger partial charge in [0.05, 0.1) is 24.1 Å². The molecule has 2 aromatic heterocycles. The number of hydrogen-bond acceptors (Lipinski definition) is 8. The Morgan fingerprint density at radius 2 is 1.73 bits per heavy atom. The first-order valence-electron chi connectivity index (χ1n) is 14.7. The van der Waals surface area contributed by atoms with Gasteiger partial charge in [-0.3, -0.25) is 19.1 Å². The molecule has 5 rings (SSSR count). The molecule has 0 fully saturated rings. The van der Waals surface area contributed by atoms with Crippen molar-refractivity contribution in [1.29, 1.82) is 0 Å². The summed E-state index contributed by atoms with van der Waals surface area (Å²) in [7, 11) is 1.63. The zero-order valence-corrected chi connectivity index (χ0v) is 25.3. The molecule has 234 valence electrons. The maximum atomic E-state index is 14.6. The first kappa shape index (κ1) is 31.0. The molecule has 0 aliphatic carbocycles. The molecular weight excluding hydrogens is 578 g/mol. The predicted octanol–water partition coefficient (Wildman–Crippen LogP) is 4.55. The lowest BCUT2D eigenvalue weighted by Crippen LogP contribution is -2.66. The lowest BCUT2D eigenvalue weighted by molar-refractivity contribution is -0.126. The van der Waals surface area contributed by atoms with Gasteiger partial charge in [-0.1, -0.05) is 50.1 Å².